The molecule has 0 bridgehead atoms. The van der Waals surface area contributed by atoms with Crippen LogP contribution in [0.4, 0.5) is 0 Å². The fourth-order valence-corrected chi connectivity index (χ4v) is 3.26. The van der Waals surface area contributed by atoms with E-state index in [-0.39, 0.29) is 0 Å². The Morgan fingerprint density at radius 1 is 1.47 bits per heavy atom. The number of hydrogen-bond donors (Lipinski definition) is 1. The average Bonchev–Trinajstić information content (AvgIpc) is 2.77. The lowest BCUT2D eigenvalue weighted by Crippen LogP contribution is -2.15. The molecule has 1 aromatic heterocycles. The largest absolute Gasteiger partial charge is 0.385 e. The van der Waals surface area contributed by atoms with E-state index in [1.54, 1.807) is 17.6 Å². The topological polar surface area (TPSA) is 21.3 Å². The standard InChI is InChI=1S/C12H19NOS/c1-14-7-3-6-13-9-11-8-10-4-2-5-12(10)15-11/h8,13H,2-7,9H2,1H3. The number of nitrogens with one attached hydrogen (secondary N) is 1. The summed E-state index contributed by atoms with van der Waals surface area (Å²) in [6.45, 7) is 2.94. The van der Waals surface area contributed by atoms with Crippen molar-refractivity contribution in [3.63, 3.8) is 0 Å². The number of hydrogen-bond acceptors (Lipinski definition) is 3. The van der Waals surface area contributed by atoms with Gasteiger partial charge in [-0.05, 0) is 43.9 Å². The van der Waals surface area contributed by atoms with Gasteiger partial charge in [0.25, 0.3) is 0 Å². The molecule has 2 rings (SSSR count). The van der Waals surface area contributed by atoms with Crippen molar-refractivity contribution >= 4 is 11.3 Å². The lowest BCUT2D eigenvalue weighted by atomic mass is 10.2. The van der Waals surface area contributed by atoms with Gasteiger partial charge >= 0.3 is 0 Å². The van der Waals surface area contributed by atoms with Crippen LogP contribution in [0.2, 0.25) is 0 Å². The fraction of sp³-hybridized carbons (Fsp3) is 0.667. The summed E-state index contributed by atoms with van der Waals surface area (Å²) in [5, 5.41) is 3.46. The highest BCUT2D eigenvalue weighted by Crippen LogP contribution is 2.30. The second-order valence-corrected chi connectivity index (χ2v) is 5.26. The Morgan fingerprint density at radius 2 is 2.40 bits per heavy atom. The molecule has 3 heteroatoms. The van der Waals surface area contributed by atoms with E-state index < -0.39 is 0 Å². The first-order valence-corrected chi connectivity index (χ1v) is 6.52. The van der Waals surface area contributed by atoms with Gasteiger partial charge in [-0.2, -0.15) is 0 Å². The quantitative estimate of drug-likeness (QED) is 0.750. The molecule has 0 aliphatic heterocycles. The molecule has 0 fully saturated rings. The van der Waals surface area contributed by atoms with Crippen LogP contribution in [0.5, 0.6) is 0 Å². The lowest BCUT2D eigenvalue weighted by molar-refractivity contribution is 0.194. The number of aryl methyl sites for hydroxylation is 2. The molecule has 1 N–H and O–H groups in total. The van der Waals surface area contributed by atoms with Crippen LogP contribution in [-0.2, 0) is 24.1 Å². The van der Waals surface area contributed by atoms with E-state index in [2.05, 4.69) is 11.4 Å². The fourth-order valence-electron chi connectivity index (χ4n) is 2.03. The lowest BCUT2D eigenvalue weighted by Gasteiger charge is -2.02. The van der Waals surface area contributed by atoms with Gasteiger partial charge < -0.3 is 10.1 Å². The van der Waals surface area contributed by atoms with Crippen molar-refractivity contribution in [1.29, 1.82) is 0 Å². The molecule has 0 radical (unpaired) electrons. The van der Waals surface area contributed by atoms with Crippen LogP contribution in [0.1, 0.15) is 28.2 Å². The first kappa shape index (κ1) is 11.1. The SMILES string of the molecule is COCCCNCc1cc2c(s1)CCC2. The van der Waals surface area contributed by atoms with Gasteiger partial charge in [-0.25, -0.2) is 0 Å². The second-order valence-electron chi connectivity index (χ2n) is 4.04. The molecule has 15 heavy (non-hydrogen) atoms. The van der Waals surface area contributed by atoms with Crippen molar-refractivity contribution in [3.05, 3.63) is 21.4 Å². The molecular weight excluding hydrogens is 206 g/mol. The van der Waals surface area contributed by atoms with Crippen molar-refractivity contribution in [2.75, 3.05) is 20.3 Å². The van der Waals surface area contributed by atoms with Gasteiger partial charge in [0.15, 0.2) is 0 Å². The van der Waals surface area contributed by atoms with Crippen LogP contribution in [0.15, 0.2) is 6.07 Å². The zero-order valence-electron chi connectivity index (χ0n) is 9.34. The van der Waals surface area contributed by atoms with Gasteiger partial charge in [0.2, 0.25) is 0 Å². The monoisotopic (exact) mass is 225 g/mol. The van der Waals surface area contributed by atoms with Gasteiger partial charge in [-0.15, -0.1) is 11.3 Å². The Kier molecular flexibility index (Phi) is 4.18. The molecule has 1 aliphatic rings. The average molecular weight is 225 g/mol. The van der Waals surface area contributed by atoms with Crippen LogP contribution in [0.25, 0.3) is 0 Å². The molecule has 0 amide bonds. The van der Waals surface area contributed by atoms with E-state index in [1.165, 1.54) is 24.1 Å². The molecular formula is C12H19NOS. The summed E-state index contributed by atoms with van der Waals surface area (Å²) >= 11 is 1.99. The zero-order chi connectivity index (χ0) is 10.5. The Bertz CT molecular complexity index is 287. The van der Waals surface area contributed by atoms with Gasteiger partial charge in [-0.3, -0.25) is 0 Å². The summed E-state index contributed by atoms with van der Waals surface area (Å²) in [4.78, 5) is 3.13. The van der Waals surface area contributed by atoms with E-state index in [1.807, 2.05) is 11.3 Å². The predicted octanol–water partition coefficient (Wildman–Crippen LogP) is 2.36. The normalized spacial score (nSPS) is 14.5. The summed E-state index contributed by atoms with van der Waals surface area (Å²) in [6, 6.07) is 2.39. The number of thiophene rings is 1. The van der Waals surface area contributed by atoms with Gasteiger partial charge in [0.05, 0.1) is 0 Å². The van der Waals surface area contributed by atoms with Crippen LogP contribution in [0.3, 0.4) is 0 Å². The molecule has 0 saturated heterocycles. The summed E-state index contributed by atoms with van der Waals surface area (Å²) in [7, 11) is 1.75. The summed E-state index contributed by atoms with van der Waals surface area (Å²) in [6.07, 6.45) is 5.07. The summed E-state index contributed by atoms with van der Waals surface area (Å²) in [5.41, 5.74) is 1.61. The van der Waals surface area contributed by atoms with E-state index in [4.69, 9.17) is 4.74 Å². The van der Waals surface area contributed by atoms with Gasteiger partial charge in [0.1, 0.15) is 0 Å². The predicted molar refractivity (Wildman–Crippen MR) is 64.5 cm³/mol. The maximum absolute atomic E-state index is 5.01. The number of fused-ring (bicyclic) bond motifs is 1. The Morgan fingerprint density at radius 3 is 3.20 bits per heavy atom. The van der Waals surface area contributed by atoms with Crippen molar-refractivity contribution in [3.8, 4) is 0 Å². The molecule has 0 unspecified atom stereocenters. The smallest absolute Gasteiger partial charge is 0.0474 e. The maximum Gasteiger partial charge on any atom is 0.0474 e. The van der Waals surface area contributed by atoms with Gasteiger partial charge in [-0.1, -0.05) is 0 Å². The van der Waals surface area contributed by atoms with Crippen LogP contribution in [-0.4, -0.2) is 20.3 Å². The minimum absolute atomic E-state index is 0.855. The third-order valence-electron chi connectivity index (χ3n) is 2.80. The van der Waals surface area contributed by atoms with E-state index in [0.29, 0.717) is 0 Å². The van der Waals surface area contributed by atoms with E-state index in [9.17, 15) is 0 Å². The van der Waals surface area contributed by atoms with Crippen molar-refractivity contribution in [1.82, 2.24) is 5.32 Å². The number of methoxy groups -OCH3 is 1. The molecule has 1 aliphatic carbocycles. The van der Waals surface area contributed by atoms with Crippen LogP contribution < -0.4 is 5.32 Å². The molecule has 0 saturated carbocycles. The molecule has 0 atom stereocenters. The molecule has 1 aromatic rings. The second kappa shape index (κ2) is 5.64. The van der Waals surface area contributed by atoms with E-state index in [0.717, 1.165) is 26.1 Å². The van der Waals surface area contributed by atoms with Crippen molar-refractivity contribution < 1.29 is 4.74 Å². The molecule has 0 aromatic carbocycles. The highest BCUT2D eigenvalue weighted by atomic mass is 32.1. The Labute approximate surface area is 95.6 Å². The van der Waals surface area contributed by atoms with Crippen LogP contribution >= 0.6 is 11.3 Å². The highest BCUT2D eigenvalue weighted by Gasteiger charge is 2.14. The summed E-state index contributed by atoms with van der Waals surface area (Å²) in [5.74, 6) is 0. The molecule has 2 nitrogen and oxygen atoms in total. The third kappa shape index (κ3) is 3.03. The molecule has 1 heterocycles. The first-order valence-electron chi connectivity index (χ1n) is 5.70. The molecule has 0 spiro atoms. The number of ether oxygens (including phenoxy) is 1. The van der Waals surface area contributed by atoms with Crippen molar-refractivity contribution in [2.45, 2.75) is 32.2 Å². The van der Waals surface area contributed by atoms with E-state index >= 15 is 0 Å². The third-order valence-corrected chi connectivity index (χ3v) is 4.04. The minimum atomic E-state index is 0.855. The first-order chi connectivity index (χ1) is 7.40. The molecule has 84 valence electrons. The zero-order valence-corrected chi connectivity index (χ0v) is 10.2. The number of rotatable bonds is 6. The van der Waals surface area contributed by atoms with Crippen molar-refractivity contribution in [2.24, 2.45) is 0 Å². The minimum Gasteiger partial charge on any atom is -0.385 e. The van der Waals surface area contributed by atoms with Crippen LogP contribution in [0, 0.1) is 0 Å². The summed E-state index contributed by atoms with van der Waals surface area (Å²) < 4.78 is 5.01. The highest BCUT2D eigenvalue weighted by molar-refractivity contribution is 7.12. The Balaban J connectivity index is 1.70. The Hall–Kier alpha value is -0.380. The van der Waals surface area contributed by atoms with Gasteiger partial charge in [0, 0.05) is 30.0 Å². The maximum atomic E-state index is 5.01.